The van der Waals surface area contributed by atoms with E-state index in [9.17, 15) is 4.79 Å². The van der Waals surface area contributed by atoms with Crippen molar-refractivity contribution in [2.75, 3.05) is 31.6 Å². The Hall–Kier alpha value is -2.29. The quantitative estimate of drug-likeness (QED) is 0.219. The maximum Gasteiger partial charge on any atom is 0.227 e. The summed E-state index contributed by atoms with van der Waals surface area (Å²) in [7, 11) is 1.69. The molecule has 2 aromatic carbocycles. The molecule has 0 atom stereocenters. The summed E-state index contributed by atoms with van der Waals surface area (Å²) in [4.78, 5) is 18.4. The first-order valence-electron chi connectivity index (χ1n) is 10.7. The zero-order chi connectivity index (χ0) is 21.2. The fourth-order valence-corrected chi connectivity index (χ4v) is 3.54. The van der Waals surface area contributed by atoms with Gasteiger partial charge >= 0.3 is 0 Å². The molecule has 0 aromatic heterocycles. The van der Waals surface area contributed by atoms with Crippen molar-refractivity contribution in [3.8, 4) is 5.75 Å². The van der Waals surface area contributed by atoms with Gasteiger partial charge in [-0.05, 0) is 61.6 Å². The first-order chi connectivity index (χ1) is 14.7. The molecule has 7 heteroatoms. The third-order valence-electron chi connectivity index (χ3n) is 5.15. The standard InChI is InChI=1S/C24H32N4O2.HI/c1-3-25-24(26-15-5-8-19-7-4-9-22(17-19)30-2)27-18-20-11-13-21(14-12-20)28-16-6-10-23(28)29;/h4,7,9,11-14,17H,3,5-6,8,10,15-16,18H2,1-2H3,(H2,25,26,27);1H. The van der Waals surface area contributed by atoms with Crippen molar-refractivity contribution in [3.05, 3.63) is 59.7 Å². The van der Waals surface area contributed by atoms with Gasteiger partial charge in [0.05, 0.1) is 13.7 Å². The molecule has 0 saturated carbocycles. The van der Waals surface area contributed by atoms with Gasteiger partial charge in [-0.25, -0.2) is 4.99 Å². The number of aliphatic imine (C=N–C) groups is 1. The predicted octanol–water partition coefficient (Wildman–Crippen LogP) is 4.13. The first kappa shape index (κ1) is 25.0. The Bertz CT molecular complexity index is 855. The number of guanidine groups is 1. The fraction of sp³-hybridized carbons (Fsp3) is 0.417. The summed E-state index contributed by atoms with van der Waals surface area (Å²) in [6.45, 7) is 5.14. The highest BCUT2D eigenvalue weighted by molar-refractivity contribution is 14.0. The van der Waals surface area contributed by atoms with Crippen LogP contribution in [0.3, 0.4) is 0 Å². The molecule has 2 N–H and O–H groups in total. The normalized spacial score (nSPS) is 13.7. The van der Waals surface area contributed by atoms with Crippen molar-refractivity contribution >= 4 is 41.5 Å². The molecule has 0 spiro atoms. The number of ether oxygens (including phenoxy) is 1. The van der Waals surface area contributed by atoms with Crippen molar-refractivity contribution in [3.63, 3.8) is 0 Å². The number of anilines is 1. The number of aryl methyl sites for hydroxylation is 1. The lowest BCUT2D eigenvalue weighted by Gasteiger charge is -2.16. The molecule has 0 radical (unpaired) electrons. The number of hydrogen-bond donors (Lipinski definition) is 2. The lowest BCUT2D eigenvalue weighted by Crippen LogP contribution is -2.37. The molecule has 168 valence electrons. The van der Waals surface area contributed by atoms with Crippen LogP contribution in [0, 0.1) is 0 Å². The van der Waals surface area contributed by atoms with Gasteiger partial charge in [-0.1, -0.05) is 24.3 Å². The van der Waals surface area contributed by atoms with Gasteiger partial charge < -0.3 is 20.3 Å². The Morgan fingerprint density at radius 1 is 1.13 bits per heavy atom. The van der Waals surface area contributed by atoms with E-state index in [1.54, 1.807) is 7.11 Å². The topological polar surface area (TPSA) is 66.0 Å². The zero-order valence-electron chi connectivity index (χ0n) is 18.4. The van der Waals surface area contributed by atoms with E-state index in [4.69, 9.17) is 9.73 Å². The molecular weight excluding hydrogens is 503 g/mol. The van der Waals surface area contributed by atoms with Crippen molar-refractivity contribution in [1.82, 2.24) is 10.6 Å². The number of halogens is 1. The summed E-state index contributed by atoms with van der Waals surface area (Å²) in [6.07, 6.45) is 3.60. The Balaban J connectivity index is 0.00000341. The third kappa shape index (κ3) is 7.72. The van der Waals surface area contributed by atoms with Gasteiger partial charge in [-0.2, -0.15) is 0 Å². The fourth-order valence-electron chi connectivity index (χ4n) is 3.54. The van der Waals surface area contributed by atoms with Gasteiger partial charge in [0.1, 0.15) is 5.75 Å². The van der Waals surface area contributed by atoms with Gasteiger partial charge in [0, 0.05) is 31.7 Å². The smallest absolute Gasteiger partial charge is 0.227 e. The van der Waals surface area contributed by atoms with E-state index in [-0.39, 0.29) is 29.9 Å². The largest absolute Gasteiger partial charge is 0.497 e. The highest BCUT2D eigenvalue weighted by Gasteiger charge is 2.21. The highest BCUT2D eigenvalue weighted by atomic mass is 127. The summed E-state index contributed by atoms with van der Waals surface area (Å²) in [5.41, 5.74) is 3.38. The number of benzene rings is 2. The van der Waals surface area contributed by atoms with Crippen LogP contribution in [-0.4, -0.2) is 38.6 Å². The first-order valence-corrected chi connectivity index (χ1v) is 10.7. The van der Waals surface area contributed by atoms with E-state index < -0.39 is 0 Å². The van der Waals surface area contributed by atoms with Crippen LogP contribution in [0.4, 0.5) is 5.69 Å². The van der Waals surface area contributed by atoms with E-state index in [0.29, 0.717) is 13.0 Å². The summed E-state index contributed by atoms with van der Waals surface area (Å²) in [5, 5.41) is 6.70. The number of carbonyl (C=O) groups is 1. The average molecular weight is 536 g/mol. The Labute approximate surface area is 202 Å². The molecule has 1 heterocycles. The lowest BCUT2D eigenvalue weighted by atomic mass is 10.1. The molecule has 0 bridgehead atoms. The minimum Gasteiger partial charge on any atom is -0.497 e. The van der Waals surface area contributed by atoms with Crippen LogP contribution in [0.2, 0.25) is 0 Å². The molecule has 1 fully saturated rings. The molecule has 31 heavy (non-hydrogen) atoms. The van der Waals surface area contributed by atoms with Crippen molar-refractivity contribution in [2.24, 2.45) is 4.99 Å². The Morgan fingerprint density at radius 2 is 1.94 bits per heavy atom. The van der Waals surface area contributed by atoms with Crippen molar-refractivity contribution in [2.45, 2.75) is 39.2 Å². The van der Waals surface area contributed by atoms with Gasteiger partial charge in [0.15, 0.2) is 5.96 Å². The molecule has 2 aromatic rings. The SMILES string of the molecule is CCNC(=NCc1ccc(N2CCCC2=O)cc1)NCCCc1cccc(OC)c1.I. The van der Waals surface area contributed by atoms with E-state index in [0.717, 1.165) is 61.9 Å². The van der Waals surface area contributed by atoms with Crippen LogP contribution >= 0.6 is 24.0 Å². The molecule has 0 aliphatic carbocycles. The Kier molecular flexibility index (Phi) is 10.6. The summed E-state index contributed by atoms with van der Waals surface area (Å²) < 4.78 is 5.28. The van der Waals surface area contributed by atoms with Crippen LogP contribution in [0.5, 0.6) is 5.75 Å². The van der Waals surface area contributed by atoms with Crippen LogP contribution in [-0.2, 0) is 17.8 Å². The molecule has 3 rings (SSSR count). The van der Waals surface area contributed by atoms with Crippen LogP contribution in [0.15, 0.2) is 53.5 Å². The zero-order valence-corrected chi connectivity index (χ0v) is 20.7. The van der Waals surface area contributed by atoms with E-state index in [2.05, 4.69) is 41.8 Å². The molecule has 0 unspecified atom stereocenters. The number of amides is 1. The molecule has 1 aliphatic heterocycles. The maximum atomic E-state index is 11.9. The summed E-state index contributed by atoms with van der Waals surface area (Å²) >= 11 is 0. The van der Waals surface area contributed by atoms with Gasteiger partial charge in [0.2, 0.25) is 5.91 Å². The molecular formula is C24H33IN4O2. The van der Waals surface area contributed by atoms with Gasteiger partial charge in [-0.3, -0.25) is 4.79 Å². The second-order valence-corrected chi connectivity index (χ2v) is 7.39. The van der Waals surface area contributed by atoms with Crippen molar-refractivity contribution in [1.29, 1.82) is 0 Å². The van der Waals surface area contributed by atoms with Crippen LogP contribution in [0.25, 0.3) is 0 Å². The number of methoxy groups -OCH3 is 1. The van der Waals surface area contributed by atoms with Crippen LogP contribution in [0.1, 0.15) is 37.3 Å². The number of carbonyl (C=O) groups excluding carboxylic acids is 1. The third-order valence-corrected chi connectivity index (χ3v) is 5.15. The van der Waals surface area contributed by atoms with Crippen molar-refractivity contribution < 1.29 is 9.53 Å². The highest BCUT2D eigenvalue weighted by Crippen LogP contribution is 2.21. The number of nitrogens with zero attached hydrogens (tertiary/aromatic N) is 2. The molecule has 1 amide bonds. The number of hydrogen-bond acceptors (Lipinski definition) is 3. The average Bonchev–Trinajstić information content (AvgIpc) is 3.21. The van der Waals surface area contributed by atoms with E-state index >= 15 is 0 Å². The molecule has 1 aliphatic rings. The maximum absolute atomic E-state index is 11.9. The summed E-state index contributed by atoms with van der Waals surface area (Å²) in [6, 6.07) is 16.3. The monoisotopic (exact) mass is 536 g/mol. The summed E-state index contributed by atoms with van der Waals surface area (Å²) in [5.74, 6) is 1.94. The van der Waals surface area contributed by atoms with E-state index in [1.807, 2.05) is 29.2 Å². The van der Waals surface area contributed by atoms with E-state index in [1.165, 1.54) is 5.56 Å². The minimum absolute atomic E-state index is 0. The molecule has 1 saturated heterocycles. The number of nitrogens with one attached hydrogen (secondary N) is 2. The predicted molar refractivity (Wildman–Crippen MR) is 138 cm³/mol. The van der Waals surface area contributed by atoms with Gasteiger partial charge in [0.25, 0.3) is 0 Å². The minimum atomic E-state index is 0. The lowest BCUT2D eigenvalue weighted by molar-refractivity contribution is -0.117. The van der Waals surface area contributed by atoms with Gasteiger partial charge in [-0.15, -0.1) is 24.0 Å². The second kappa shape index (κ2) is 13.2. The Morgan fingerprint density at radius 3 is 2.61 bits per heavy atom. The number of rotatable bonds is 9. The molecule has 6 nitrogen and oxygen atoms in total. The second-order valence-electron chi connectivity index (χ2n) is 7.39. The van der Waals surface area contributed by atoms with Crippen LogP contribution < -0.4 is 20.3 Å².